The first-order chi connectivity index (χ1) is 6.88. The van der Waals surface area contributed by atoms with Gasteiger partial charge in [0.2, 0.25) is 5.91 Å². The standard InChI is InChI=1S/C11H22N2O2.ClH/c1-8-5-11(2,3)13(6-8)10(14)9(12)7-15-4;/h8-9H,5-7,12H2,1-4H3;1H. The van der Waals surface area contributed by atoms with E-state index in [4.69, 9.17) is 10.5 Å². The van der Waals surface area contributed by atoms with Crippen LogP contribution in [0.1, 0.15) is 27.2 Å². The number of carbonyl (C=O) groups is 1. The zero-order valence-electron chi connectivity index (χ0n) is 10.5. The Kier molecular flexibility index (Phi) is 5.73. The molecule has 4 nitrogen and oxygen atoms in total. The molecule has 0 bridgehead atoms. The minimum absolute atomic E-state index is 0. The Bertz CT molecular complexity index is 246. The molecule has 2 N–H and O–H groups in total. The van der Waals surface area contributed by atoms with Gasteiger partial charge < -0.3 is 15.4 Å². The SMILES string of the molecule is COCC(N)C(=O)N1CC(C)CC1(C)C.Cl. The van der Waals surface area contributed by atoms with Crippen molar-refractivity contribution in [2.45, 2.75) is 38.8 Å². The van der Waals surface area contributed by atoms with Gasteiger partial charge in [0.05, 0.1) is 6.61 Å². The molecule has 1 saturated heterocycles. The van der Waals surface area contributed by atoms with E-state index in [0.717, 1.165) is 13.0 Å². The third-order valence-corrected chi connectivity index (χ3v) is 3.00. The van der Waals surface area contributed by atoms with E-state index >= 15 is 0 Å². The monoisotopic (exact) mass is 250 g/mol. The molecule has 0 radical (unpaired) electrons. The van der Waals surface area contributed by atoms with Gasteiger partial charge in [-0.3, -0.25) is 4.79 Å². The van der Waals surface area contributed by atoms with Crippen molar-refractivity contribution < 1.29 is 9.53 Å². The number of amides is 1. The predicted octanol–water partition coefficient (Wildman–Crippen LogP) is 1.03. The van der Waals surface area contributed by atoms with Gasteiger partial charge >= 0.3 is 0 Å². The molecule has 96 valence electrons. The summed E-state index contributed by atoms with van der Waals surface area (Å²) in [5, 5.41) is 0. The average molecular weight is 251 g/mol. The fourth-order valence-corrected chi connectivity index (χ4v) is 2.43. The quantitative estimate of drug-likeness (QED) is 0.814. The van der Waals surface area contributed by atoms with Crippen LogP contribution in [-0.2, 0) is 9.53 Å². The van der Waals surface area contributed by atoms with E-state index in [2.05, 4.69) is 20.8 Å². The Hall–Kier alpha value is -0.320. The summed E-state index contributed by atoms with van der Waals surface area (Å²) in [6.07, 6.45) is 1.04. The van der Waals surface area contributed by atoms with E-state index in [-0.39, 0.29) is 23.9 Å². The summed E-state index contributed by atoms with van der Waals surface area (Å²) in [6.45, 7) is 7.45. The van der Waals surface area contributed by atoms with Gasteiger partial charge in [0.15, 0.2) is 0 Å². The second kappa shape index (κ2) is 5.84. The lowest BCUT2D eigenvalue weighted by Gasteiger charge is -2.33. The molecular weight excluding hydrogens is 228 g/mol. The van der Waals surface area contributed by atoms with Crippen molar-refractivity contribution in [1.29, 1.82) is 0 Å². The Balaban J connectivity index is 0.00000225. The third kappa shape index (κ3) is 3.34. The summed E-state index contributed by atoms with van der Waals surface area (Å²) < 4.78 is 4.91. The van der Waals surface area contributed by atoms with E-state index in [1.54, 1.807) is 7.11 Å². The van der Waals surface area contributed by atoms with Crippen LogP contribution in [-0.4, -0.2) is 42.6 Å². The first kappa shape index (κ1) is 15.7. The molecule has 1 fully saturated rings. The second-order valence-electron chi connectivity index (χ2n) is 5.13. The molecule has 0 aromatic carbocycles. The Morgan fingerprint density at radius 1 is 1.62 bits per heavy atom. The molecule has 0 aliphatic carbocycles. The van der Waals surface area contributed by atoms with Gasteiger partial charge in [-0.1, -0.05) is 6.92 Å². The highest BCUT2D eigenvalue weighted by molar-refractivity contribution is 5.85. The summed E-state index contributed by atoms with van der Waals surface area (Å²) in [4.78, 5) is 13.9. The first-order valence-electron chi connectivity index (χ1n) is 5.44. The van der Waals surface area contributed by atoms with Gasteiger partial charge in [-0.25, -0.2) is 0 Å². The number of carbonyl (C=O) groups excluding carboxylic acids is 1. The molecule has 2 atom stereocenters. The summed E-state index contributed by atoms with van der Waals surface area (Å²) in [7, 11) is 1.56. The lowest BCUT2D eigenvalue weighted by Crippen LogP contribution is -2.51. The summed E-state index contributed by atoms with van der Waals surface area (Å²) in [5.74, 6) is 0.560. The number of methoxy groups -OCH3 is 1. The van der Waals surface area contributed by atoms with Crippen LogP contribution in [0.2, 0.25) is 0 Å². The second-order valence-corrected chi connectivity index (χ2v) is 5.13. The van der Waals surface area contributed by atoms with Crippen LogP contribution in [0.4, 0.5) is 0 Å². The number of rotatable bonds is 3. The van der Waals surface area contributed by atoms with Crippen LogP contribution in [0.3, 0.4) is 0 Å². The molecule has 1 aliphatic rings. The van der Waals surface area contributed by atoms with Crippen molar-refractivity contribution in [3.05, 3.63) is 0 Å². The molecule has 0 saturated carbocycles. The van der Waals surface area contributed by atoms with E-state index in [1.165, 1.54) is 0 Å². The van der Waals surface area contributed by atoms with Crippen LogP contribution in [0.25, 0.3) is 0 Å². The predicted molar refractivity (Wildman–Crippen MR) is 66.7 cm³/mol. The number of hydrogen-bond donors (Lipinski definition) is 1. The Labute approximate surface area is 104 Å². The molecule has 1 rings (SSSR count). The van der Waals surface area contributed by atoms with E-state index in [9.17, 15) is 4.79 Å². The van der Waals surface area contributed by atoms with Gasteiger partial charge in [-0.05, 0) is 26.2 Å². The van der Waals surface area contributed by atoms with E-state index < -0.39 is 6.04 Å². The van der Waals surface area contributed by atoms with Crippen LogP contribution in [0.5, 0.6) is 0 Å². The number of likely N-dealkylation sites (tertiary alicyclic amines) is 1. The van der Waals surface area contributed by atoms with Crippen molar-refractivity contribution in [1.82, 2.24) is 4.90 Å². The highest BCUT2D eigenvalue weighted by atomic mass is 35.5. The number of hydrogen-bond acceptors (Lipinski definition) is 3. The summed E-state index contributed by atoms with van der Waals surface area (Å²) in [6, 6.07) is -0.528. The van der Waals surface area contributed by atoms with Crippen molar-refractivity contribution in [2.24, 2.45) is 11.7 Å². The molecule has 1 amide bonds. The van der Waals surface area contributed by atoms with Gasteiger partial charge in [-0.15, -0.1) is 12.4 Å². The maximum absolute atomic E-state index is 12.0. The summed E-state index contributed by atoms with van der Waals surface area (Å²) >= 11 is 0. The van der Waals surface area contributed by atoms with Gasteiger partial charge in [0.25, 0.3) is 0 Å². The number of nitrogens with zero attached hydrogens (tertiary/aromatic N) is 1. The lowest BCUT2D eigenvalue weighted by molar-refractivity contribution is -0.137. The normalized spacial score (nSPS) is 25.1. The Morgan fingerprint density at radius 3 is 2.56 bits per heavy atom. The van der Waals surface area contributed by atoms with Gasteiger partial charge in [-0.2, -0.15) is 0 Å². The van der Waals surface area contributed by atoms with Crippen LogP contribution >= 0.6 is 12.4 Å². The van der Waals surface area contributed by atoms with Crippen LogP contribution in [0, 0.1) is 5.92 Å². The molecule has 16 heavy (non-hydrogen) atoms. The van der Waals surface area contributed by atoms with E-state index in [1.807, 2.05) is 4.90 Å². The lowest BCUT2D eigenvalue weighted by atomic mass is 9.97. The van der Waals surface area contributed by atoms with Gasteiger partial charge in [0, 0.05) is 19.2 Å². The smallest absolute Gasteiger partial charge is 0.242 e. The molecule has 5 heteroatoms. The average Bonchev–Trinajstić information content (AvgIpc) is 2.38. The molecular formula is C11H23ClN2O2. The number of ether oxygens (including phenoxy) is 1. The maximum Gasteiger partial charge on any atom is 0.242 e. The minimum atomic E-state index is -0.528. The van der Waals surface area contributed by atoms with Gasteiger partial charge in [0.1, 0.15) is 6.04 Å². The fourth-order valence-electron chi connectivity index (χ4n) is 2.43. The zero-order chi connectivity index (χ0) is 11.6. The molecule has 0 aromatic rings. The summed E-state index contributed by atoms with van der Waals surface area (Å²) in [5.41, 5.74) is 5.69. The highest BCUT2D eigenvalue weighted by Gasteiger charge is 2.40. The topological polar surface area (TPSA) is 55.6 Å². The molecule has 1 heterocycles. The minimum Gasteiger partial charge on any atom is -0.383 e. The van der Waals surface area contributed by atoms with Crippen molar-refractivity contribution in [3.8, 4) is 0 Å². The highest BCUT2D eigenvalue weighted by Crippen LogP contribution is 2.32. The van der Waals surface area contributed by atoms with Crippen molar-refractivity contribution in [3.63, 3.8) is 0 Å². The molecule has 0 spiro atoms. The third-order valence-electron chi connectivity index (χ3n) is 3.00. The Morgan fingerprint density at radius 2 is 2.19 bits per heavy atom. The van der Waals surface area contributed by atoms with Crippen molar-refractivity contribution in [2.75, 3.05) is 20.3 Å². The molecule has 2 unspecified atom stereocenters. The van der Waals surface area contributed by atoms with Crippen molar-refractivity contribution >= 4 is 18.3 Å². The van der Waals surface area contributed by atoms with Crippen LogP contribution < -0.4 is 5.73 Å². The largest absolute Gasteiger partial charge is 0.383 e. The molecule has 1 aliphatic heterocycles. The fraction of sp³-hybridized carbons (Fsp3) is 0.909. The molecule has 0 aromatic heterocycles. The first-order valence-corrected chi connectivity index (χ1v) is 5.44. The van der Waals surface area contributed by atoms with Crippen LogP contribution in [0.15, 0.2) is 0 Å². The van der Waals surface area contributed by atoms with E-state index in [0.29, 0.717) is 12.5 Å². The zero-order valence-corrected chi connectivity index (χ0v) is 11.3. The maximum atomic E-state index is 12.0. The number of halogens is 1. The number of nitrogens with two attached hydrogens (primary N) is 1.